The van der Waals surface area contributed by atoms with Gasteiger partial charge in [-0.3, -0.25) is 0 Å². The zero-order valence-electron chi connectivity index (χ0n) is 10.7. The van der Waals surface area contributed by atoms with Crippen molar-refractivity contribution in [3.05, 3.63) is 36.9 Å². The van der Waals surface area contributed by atoms with Crippen LogP contribution in [-0.4, -0.2) is 42.5 Å². The van der Waals surface area contributed by atoms with E-state index in [9.17, 15) is 8.42 Å². The van der Waals surface area contributed by atoms with Gasteiger partial charge in [0.05, 0.1) is 12.5 Å². The molecular formula is C12H15N5O2S. The van der Waals surface area contributed by atoms with Crippen LogP contribution in [0.2, 0.25) is 0 Å². The molecule has 1 aliphatic rings. The fourth-order valence-electron chi connectivity index (χ4n) is 2.28. The van der Waals surface area contributed by atoms with E-state index in [4.69, 9.17) is 0 Å². The van der Waals surface area contributed by atoms with Gasteiger partial charge in [0.2, 0.25) is 0 Å². The van der Waals surface area contributed by atoms with Crippen molar-refractivity contribution in [3.63, 3.8) is 0 Å². The number of hydrogen-bond acceptors (Lipinski definition) is 5. The van der Waals surface area contributed by atoms with Crippen LogP contribution in [0.3, 0.4) is 0 Å². The molecule has 2 N–H and O–H groups in total. The number of aromatic amines is 1. The molecule has 8 heteroatoms. The summed E-state index contributed by atoms with van der Waals surface area (Å²) >= 11 is 0. The Morgan fingerprint density at radius 1 is 1.40 bits per heavy atom. The molecule has 0 radical (unpaired) electrons. The maximum absolute atomic E-state index is 12.1. The van der Waals surface area contributed by atoms with Crippen LogP contribution in [0.1, 0.15) is 6.42 Å². The number of nitrogens with zero attached hydrogens (tertiary/aromatic N) is 3. The second-order valence-electron chi connectivity index (χ2n) is 4.66. The number of sulfonamides is 1. The number of H-pyrrole nitrogens is 1. The van der Waals surface area contributed by atoms with Crippen LogP contribution in [0, 0.1) is 0 Å². The van der Waals surface area contributed by atoms with Gasteiger partial charge in [0.1, 0.15) is 5.82 Å². The molecule has 1 unspecified atom stereocenters. The lowest BCUT2D eigenvalue weighted by Crippen LogP contribution is -2.37. The summed E-state index contributed by atoms with van der Waals surface area (Å²) in [5, 5.41) is 0.0915. The molecule has 3 heterocycles. The van der Waals surface area contributed by atoms with Gasteiger partial charge in [-0.25, -0.2) is 23.1 Å². The standard InChI is InChI=1S/C12H15N5O2S/c18-20(19,12-7-13-9-15-12)16-10-4-6-17(8-10)11-3-1-2-5-14-11/h1-3,5,7,9-10,16H,4,6,8H2,(H,13,15). The van der Waals surface area contributed by atoms with Crippen LogP contribution in [0.15, 0.2) is 41.9 Å². The maximum Gasteiger partial charge on any atom is 0.257 e. The lowest BCUT2D eigenvalue weighted by molar-refractivity contribution is 0.558. The van der Waals surface area contributed by atoms with Crippen molar-refractivity contribution in [2.75, 3.05) is 18.0 Å². The molecule has 0 aliphatic carbocycles. The zero-order chi connectivity index (χ0) is 14.0. The first-order valence-corrected chi connectivity index (χ1v) is 7.80. The van der Waals surface area contributed by atoms with E-state index in [0.717, 1.165) is 18.8 Å². The van der Waals surface area contributed by atoms with Gasteiger partial charge in [-0.2, -0.15) is 0 Å². The van der Waals surface area contributed by atoms with Crippen molar-refractivity contribution in [2.24, 2.45) is 0 Å². The molecule has 2 aromatic heterocycles. The minimum Gasteiger partial charge on any atom is -0.355 e. The molecule has 7 nitrogen and oxygen atoms in total. The SMILES string of the molecule is O=S(=O)(NC1CCN(c2ccccn2)C1)c1cnc[nH]1. The monoisotopic (exact) mass is 293 g/mol. The number of imidazole rings is 1. The molecule has 1 aliphatic heterocycles. The van der Waals surface area contributed by atoms with Gasteiger partial charge in [-0.05, 0) is 18.6 Å². The molecular weight excluding hydrogens is 278 g/mol. The largest absolute Gasteiger partial charge is 0.355 e. The van der Waals surface area contributed by atoms with E-state index >= 15 is 0 Å². The predicted octanol–water partition coefficient (Wildman–Crippen LogP) is 0.362. The van der Waals surface area contributed by atoms with Crippen LogP contribution in [-0.2, 0) is 10.0 Å². The Morgan fingerprint density at radius 2 is 2.30 bits per heavy atom. The molecule has 0 spiro atoms. The fraction of sp³-hybridized carbons (Fsp3) is 0.333. The van der Waals surface area contributed by atoms with Crippen LogP contribution in [0.5, 0.6) is 0 Å². The summed E-state index contributed by atoms with van der Waals surface area (Å²) < 4.78 is 26.8. The van der Waals surface area contributed by atoms with E-state index in [-0.39, 0.29) is 11.1 Å². The van der Waals surface area contributed by atoms with Gasteiger partial charge in [0, 0.05) is 25.3 Å². The normalized spacial score (nSPS) is 19.4. The third kappa shape index (κ3) is 2.66. The third-order valence-electron chi connectivity index (χ3n) is 3.25. The highest BCUT2D eigenvalue weighted by Gasteiger charge is 2.28. The molecule has 20 heavy (non-hydrogen) atoms. The van der Waals surface area contributed by atoms with Crippen LogP contribution in [0.4, 0.5) is 5.82 Å². The van der Waals surface area contributed by atoms with Crippen LogP contribution >= 0.6 is 0 Å². The first kappa shape index (κ1) is 13.1. The van der Waals surface area contributed by atoms with Crippen molar-refractivity contribution in [2.45, 2.75) is 17.5 Å². The van der Waals surface area contributed by atoms with Gasteiger partial charge in [0.25, 0.3) is 10.0 Å². The zero-order valence-corrected chi connectivity index (χ0v) is 11.5. The second-order valence-corrected chi connectivity index (χ2v) is 6.34. The van der Waals surface area contributed by atoms with Gasteiger partial charge in [0.15, 0.2) is 5.03 Å². The topological polar surface area (TPSA) is 91.0 Å². The quantitative estimate of drug-likeness (QED) is 0.849. The number of nitrogens with one attached hydrogen (secondary N) is 2. The van der Waals surface area contributed by atoms with Crippen molar-refractivity contribution in [1.82, 2.24) is 19.7 Å². The minimum absolute atomic E-state index is 0.0915. The molecule has 1 saturated heterocycles. The molecule has 0 bridgehead atoms. The third-order valence-corrected chi connectivity index (χ3v) is 4.69. The first-order valence-electron chi connectivity index (χ1n) is 6.32. The van der Waals surface area contributed by atoms with Crippen molar-refractivity contribution < 1.29 is 8.42 Å². The minimum atomic E-state index is -3.52. The lowest BCUT2D eigenvalue weighted by atomic mass is 10.3. The van der Waals surface area contributed by atoms with Crippen molar-refractivity contribution in [3.8, 4) is 0 Å². The van der Waals surface area contributed by atoms with Crippen molar-refractivity contribution in [1.29, 1.82) is 0 Å². The summed E-state index contributed by atoms with van der Waals surface area (Å²) in [6.45, 7) is 1.40. The van der Waals surface area contributed by atoms with Crippen molar-refractivity contribution >= 4 is 15.8 Å². The Balaban J connectivity index is 1.67. The molecule has 1 fully saturated rings. The van der Waals surface area contributed by atoms with Gasteiger partial charge in [-0.15, -0.1) is 0 Å². The fourth-order valence-corrected chi connectivity index (χ4v) is 3.44. The number of aromatic nitrogens is 3. The van der Waals surface area contributed by atoms with E-state index in [1.165, 1.54) is 12.5 Å². The smallest absolute Gasteiger partial charge is 0.257 e. The second kappa shape index (κ2) is 5.22. The maximum atomic E-state index is 12.1. The first-order chi connectivity index (χ1) is 9.65. The predicted molar refractivity (Wildman–Crippen MR) is 73.8 cm³/mol. The molecule has 1 atom stereocenters. The highest BCUT2D eigenvalue weighted by molar-refractivity contribution is 7.89. The average Bonchev–Trinajstić information content (AvgIpc) is 3.10. The van der Waals surface area contributed by atoms with Crippen LogP contribution < -0.4 is 9.62 Å². The van der Waals surface area contributed by atoms with Gasteiger partial charge in [-0.1, -0.05) is 6.07 Å². The Labute approximate surface area is 117 Å². The van der Waals surface area contributed by atoms with E-state index in [2.05, 4.69) is 24.6 Å². The summed E-state index contributed by atoms with van der Waals surface area (Å²) in [5.74, 6) is 0.871. The summed E-state index contributed by atoms with van der Waals surface area (Å²) in [6, 6.07) is 5.58. The highest BCUT2D eigenvalue weighted by atomic mass is 32.2. The number of pyridine rings is 1. The van der Waals surface area contributed by atoms with Gasteiger partial charge >= 0.3 is 0 Å². The summed E-state index contributed by atoms with van der Waals surface area (Å²) in [6.07, 6.45) is 5.14. The van der Waals surface area contributed by atoms with E-state index in [1.807, 2.05) is 18.2 Å². The lowest BCUT2D eigenvalue weighted by Gasteiger charge is -2.17. The molecule has 0 saturated carbocycles. The molecule has 3 rings (SSSR count). The summed E-state index contributed by atoms with van der Waals surface area (Å²) in [5.41, 5.74) is 0. The molecule has 0 amide bonds. The van der Waals surface area contributed by atoms with Crippen LogP contribution in [0.25, 0.3) is 0 Å². The van der Waals surface area contributed by atoms with E-state index < -0.39 is 10.0 Å². The molecule has 106 valence electrons. The number of anilines is 1. The Kier molecular flexibility index (Phi) is 3.41. The average molecular weight is 293 g/mol. The Hall–Kier alpha value is -1.93. The summed E-state index contributed by atoms with van der Waals surface area (Å²) in [4.78, 5) is 12.7. The van der Waals surface area contributed by atoms with E-state index in [1.54, 1.807) is 6.20 Å². The highest BCUT2D eigenvalue weighted by Crippen LogP contribution is 2.18. The Morgan fingerprint density at radius 3 is 3.00 bits per heavy atom. The Bertz CT molecular complexity index is 656. The number of hydrogen-bond donors (Lipinski definition) is 2. The summed E-state index contributed by atoms with van der Waals surface area (Å²) in [7, 11) is -3.52. The molecule has 2 aromatic rings. The van der Waals surface area contributed by atoms with Gasteiger partial charge < -0.3 is 9.88 Å². The number of rotatable bonds is 4. The van der Waals surface area contributed by atoms with E-state index in [0.29, 0.717) is 6.54 Å². The molecule has 0 aromatic carbocycles.